The van der Waals surface area contributed by atoms with Gasteiger partial charge in [-0.15, -0.1) is 0 Å². The topological polar surface area (TPSA) is 61.8 Å². The van der Waals surface area contributed by atoms with Gasteiger partial charge in [0, 0.05) is 32.1 Å². The molecule has 1 saturated heterocycles. The summed E-state index contributed by atoms with van der Waals surface area (Å²) in [5.74, 6) is 1.65. The van der Waals surface area contributed by atoms with Crippen molar-refractivity contribution in [3.63, 3.8) is 0 Å². The number of nitrogens with zero attached hydrogens (tertiary/aromatic N) is 1. The average molecular weight is 441 g/mol. The van der Waals surface area contributed by atoms with E-state index in [0.717, 1.165) is 38.3 Å². The number of aliphatic hydroxyl groups excluding tert-OH is 1. The van der Waals surface area contributed by atoms with Crippen molar-refractivity contribution >= 4 is 5.91 Å². The first-order valence-corrected chi connectivity index (χ1v) is 12.4. The van der Waals surface area contributed by atoms with Crippen LogP contribution in [0.25, 0.3) is 0 Å². The number of fused-ring (bicyclic) bond motifs is 1. The summed E-state index contributed by atoms with van der Waals surface area (Å²) in [6.45, 7) is 8.27. The number of hydrogen-bond donors (Lipinski definition) is 2. The molecule has 2 N–H and O–H groups in total. The molecule has 5 nitrogen and oxygen atoms in total. The van der Waals surface area contributed by atoms with Crippen molar-refractivity contribution < 1.29 is 14.6 Å². The highest BCUT2D eigenvalue weighted by Crippen LogP contribution is 2.59. The zero-order chi connectivity index (χ0) is 22.6. The van der Waals surface area contributed by atoms with E-state index in [1.54, 1.807) is 0 Å². The molecule has 1 amide bonds. The van der Waals surface area contributed by atoms with Crippen molar-refractivity contribution in [2.75, 3.05) is 32.8 Å². The number of amides is 1. The van der Waals surface area contributed by atoms with E-state index in [9.17, 15) is 9.90 Å². The summed E-state index contributed by atoms with van der Waals surface area (Å²) in [6, 6.07) is 10.4. The molecule has 3 unspecified atom stereocenters. The summed E-state index contributed by atoms with van der Waals surface area (Å²) >= 11 is 0. The number of benzene rings is 1. The Balaban J connectivity index is 1.08. The van der Waals surface area contributed by atoms with Crippen LogP contribution in [0.3, 0.4) is 0 Å². The molecule has 32 heavy (non-hydrogen) atoms. The minimum Gasteiger partial charge on any atom is -0.389 e. The fourth-order valence-electron chi connectivity index (χ4n) is 5.77. The number of hydrogen-bond acceptors (Lipinski definition) is 4. The van der Waals surface area contributed by atoms with Crippen LogP contribution >= 0.6 is 0 Å². The molecular formula is C27H40N2O3. The summed E-state index contributed by atoms with van der Waals surface area (Å²) in [7, 11) is 0. The molecule has 1 aliphatic heterocycles. The molecule has 1 aromatic carbocycles. The first-order valence-electron chi connectivity index (χ1n) is 12.4. The Morgan fingerprint density at radius 3 is 2.69 bits per heavy atom. The Hall–Kier alpha value is -1.69. The van der Waals surface area contributed by atoms with Crippen LogP contribution in [0, 0.1) is 17.3 Å². The van der Waals surface area contributed by atoms with Gasteiger partial charge in [-0.1, -0.05) is 50.3 Å². The van der Waals surface area contributed by atoms with Gasteiger partial charge in [0.05, 0.1) is 19.3 Å². The van der Waals surface area contributed by atoms with Crippen molar-refractivity contribution in [2.45, 2.75) is 64.5 Å². The molecule has 1 saturated carbocycles. The van der Waals surface area contributed by atoms with E-state index >= 15 is 0 Å². The third-order valence-electron chi connectivity index (χ3n) is 8.07. The maximum atomic E-state index is 12.3. The SMILES string of the molecule is CC1(C)C2CC=C(COCC(O)CN3CCC(NC(=O)CCc4ccccc4)CC3)C1C2. The van der Waals surface area contributed by atoms with Gasteiger partial charge in [0.25, 0.3) is 0 Å². The third-order valence-corrected chi connectivity index (χ3v) is 8.07. The molecule has 3 aliphatic carbocycles. The molecule has 2 fully saturated rings. The summed E-state index contributed by atoms with van der Waals surface area (Å²) in [6.07, 6.45) is 7.60. The molecule has 0 radical (unpaired) electrons. The van der Waals surface area contributed by atoms with Gasteiger partial charge in [-0.2, -0.15) is 0 Å². The van der Waals surface area contributed by atoms with E-state index in [4.69, 9.17) is 4.74 Å². The highest BCUT2D eigenvalue weighted by Gasteiger charge is 2.50. The number of carbonyl (C=O) groups excluding carboxylic acids is 1. The summed E-state index contributed by atoms with van der Waals surface area (Å²) < 4.78 is 5.90. The van der Waals surface area contributed by atoms with Crippen molar-refractivity contribution in [3.05, 3.63) is 47.5 Å². The van der Waals surface area contributed by atoms with Crippen molar-refractivity contribution in [3.8, 4) is 0 Å². The summed E-state index contributed by atoms with van der Waals surface area (Å²) in [4.78, 5) is 14.6. The van der Waals surface area contributed by atoms with E-state index in [-0.39, 0.29) is 11.9 Å². The van der Waals surface area contributed by atoms with E-state index in [0.29, 0.717) is 37.5 Å². The largest absolute Gasteiger partial charge is 0.389 e. The van der Waals surface area contributed by atoms with E-state index < -0.39 is 6.10 Å². The molecule has 3 atom stereocenters. The third kappa shape index (κ3) is 5.81. The summed E-state index contributed by atoms with van der Waals surface area (Å²) in [5, 5.41) is 13.6. The number of nitrogens with one attached hydrogen (secondary N) is 1. The zero-order valence-electron chi connectivity index (χ0n) is 19.8. The van der Waals surface area contributed by atoms with Gasteiger partial charge in [0.15, 0.2) is 0 Å². The first-order chi connectivity index (χ1) is 15.4. The van der Waals surface area contributed by atoms with Gasteiger partial charge in [-0.3, -0.25) is 4.79 Å². The zero-order valence-corrected chi connectivity index (χ0v) is 19.8. The van der Waals surface area contributed by atoms with Gasteiger partial charge in [0.1, 0.15) is 0 Å². The molecule has 176 valence electrons. The fraction of sp³-hybridized carbons (Fsp3) is 0.667. The number of piperidine rings is 1. The second kappa shape index (κ2) is 10.5. The van der Waals surface area contributed by atoms with Crippen LogP contribution < -0.4 is 5.32 Å². The van der Waals surface area contributed by atoms with E-state index in [1.807, 2.05) is 18.2 Å². The second-order valence-corrected chi connectivity index (χ2v) is 10.6. The van der Waals surface area contributed by atoms with Gasteiger partial charge in [-0.25, -0.2) is 0 Å². The number of likely N-dealkylation sites (tertiary alicyclic amines) is 1. The Labute approximate surface area is 193 Å². The number of aryl methyl sites for hydroxylation is 1. The predicted octanol–water partition coefficient (Wildman–Crippen LogP) is 3.57. The fourth-order valence-corrected chi connectivity index (χ4v) is 5.77. The molecule has 2 bridgehead atoms. The Morgan fingerprint density at radius 2 is 2.00 bits per heavy atom. The van der Waals surface area contributed by atoms with Crippen LogP contribution in [-0.2, 0) is 16.0 Å². The molecule has 0 spiro atoms. The Bertz CT molecular complexity index is 783. The number of allylic oxidation sites excluding steroid dienone is 1. The smallest absolute Gasteiger partial charge is 0.220 e. The van der Waals surface area contributed by atoms with Crippen LogP contribution in [0.1, 0.15) is 51.5 Å². The second-order valence-electron chi connectivity index (χ2n) is 10.6. The number of ether oxygens (including phenoxy) is 1. The lowest BCUT2D eigenvalue weighted by Crippen LogP contribution is -2.49. The molecule has 1 aromatic rings. The van der Waals surface area contributed by atoms with Crippen LogP contribution in [0.4, 0.5) is 0 Å². The minimum atomic E-state index is -0.460. The molecule has 1 heterocycles. The highest BCUT2D eigenvalue weighted by atomic mass is 16.5. The summed E-state index contributed by atoms with van der Waals surface area (Å²) in [5.41, 5.74) is 3.07. The highest BCUT2D eigenvalue weighted by molar-refractivity contribution is 5.76. The number of carbonyl (C=O) groups is 1. The van der Waals surface area contributed by atoms with E-state index in [2.05, 4.69) is 42.3 Å². The lowest BCUT2D eigenvalue weighted by Gasteiger charge is -2.56. The normalized spacial score (nSPS) is 26.2. The van der Waals surface area contributed by atoms with Gasteiger partial charge in [-0.05, 0) is 60.5 Å². The standard InChI is InChI=1S/C27H40N2O3/c1-27(2)22-10-9-21(25(27)16-22)18-32-19-24(30)17-29-14-12-23(13-15-29)28-26(31)11-8-20-6-4-3-5-7-20/h3-7,9,22-25,30H,8,10-19H2,1-2H3,(H,28,31). The lowest BCUT2D eigenvalue weighted by atomic mass is 9.49. The van der Waals surface area contributed by atoms with Gasteiger partial charge in [0.2, 0.25) is 5.91 Å². The predicted molar refractivity (Wildman–Crippen MR) is 127 cm³/mol. The molecule has 5 heteroatoms. The van der Waals surface area contributed by atoms with Crippen LogP contribution in [0.2, 0.25) is 0 Å². The van der Waals surface area contributed by atoms with Crippen molar-refractivity contribution in [2.24, 2.45) is 17.3 Å². The number of aliphatic hydroxyl groups is 1. The molecule has 5 rings (SSSR count). The maximum absolute atomic E-state index is 12.3. The monoisotopic (exact) mass is 440 g/mol. The van der Waals surface area contributed by atoms with Gasteiger partial charge >= 0.3 is 0 Å². The van der Waals surface area contributed by atoms with Gasteiger partial charge < -0.3 is 20.1 Å². The van der Waals surface area contributed by atoms with Crippen molar-refractivity contribution in [1.29, 1.82) is 0 Å². The average Bonchev–Trinajstić information content (AvgIpc) is 2.79. The van der Waals surface area contributed by atoms with Crippen molar-refractivity contribution in [1.82, 2.24) is 10.2 Å². The maximum Gasteiger partial charge on any atom is 0.220 e. The molecular weight excluding hydrogens is 400 g/mol. The van der Waals surface area contributed by atoms with Crippen LogP contribution in [0.15, 0.2) is 42.0 Å². The quantitative estimate of drug-likeness (QED) is 0.546. The lowest BCUT2D eigenvalue weighted by molar-refractivity contribution is -0.122. The van der Waals surface area contributed by atoms with Crippen LogP contribution in [-0.4, -0.2) is 60.9 Å². The van der Waals surface area contributed by atoms with Crippen LogP contribution in [0.5, 0.6) is 0 Å². The van der Waals surface area contributed by atoms with E-state index in [1.165, 1.54) is 24.0 Å². The Morgan fingerprint density at radius 1 is 1.25 bits per heavy atom. The minimum absolute atomic E-state index is 0.138. The first kappa shape index (κ1) is 23.5. The molecule has 0 aromatic heterocycles. The molecule has 4 aliphatic rings. The Kier molecular flexibility index (Phi) is 7.70. The number of β-amino-alcohol motifs (C(OH)–C–C–N with tert-alkyl or cyclic N) is 1. The number of rotatable bonds is 10.